The Balaban J connectivity index is 2.05. The van der Waals surface area contributed by atoms with Crippen molar-refractivity contribution in [2.75, 3.05) is 18.5 Å². The molecular weight excluding hydrogens is 224 g/mol. The van der Waals surface area contributed by atoms with Gasteiger partial charge in [-0.05, 0) is 25.1 Å². The largest absolute Gasteiger partial charge is 0.367 e. The predicted octanol–water partition coefficient (Wildman–Crippen LogP) is 2.65. The molecule has 0 amide bonds. The Morgan fingerprint density at radius 2 is 1.89 bits per heavy atom. The molecule has 0 N–H and O–H groups in total. The zero-order valence-electron chi connectivity index (χ0n) is 11.1. The fourth-order valence-electron chi connectivity index (χ4n) is 1.87. The highest BCUT2D eigenvalue weighted by atomic mass is 16.1. The van der Waals surface area contributed by atoms with Gasteiger partial charge >= 0.3 is 0 Å². The van der Waals surface area contributed by atoms with Crippen molar-refractivity contribution >= 4 is 11.5 Å². The molecule has 0 unspecified atom stereocenters. The number of carbonyl (C=O) groups is 1. The molecule has 0 bridgehead atoms. The van der Waals surface area contributed by atoms with E-state index < -0.39 is 0 Å². The highest BCUT2D eigenvalue weighted by Gasteiger charge is 2.10. The molecule has 0 atom stereocenters. The fraction of sp³-hybridized carbons (Fsp3) is 0.267. The Labute approximate surface area is 108 Å². The first kappa shape index (κ1) is 12.4. The summed E-state index contributed by atoms with van der Waals surface area (Å²) in [5, 5.41) is 0. The zero-order valence-corrected chi connectivity index (χ0v) is 11.1. The van der Waals surface area contributed by atoms with Crippen molar-refractivity contribution in [3.8, 4) is 0 Å². The second-order valence-corrected chi connectivity index (χ2v) is 4.68. The lowest BCUT2D eigenvalue weighted by molar-refractivity contribution is 0.100. The summed E-state index contributed by atoms with van der Waals surface area (Å²) < 4.78 is 1.89. The Morgan fingerprint density at radius 3 is 2.44 bits per heavy atom. The number of ketones is 1. The molecule has 2 aromatic rings. The third-order valence-corrected chi connectivity index (χ3v) is 3.01. The summed E-state index contributed by atoms with van der Waals surface area (Å²) >= 11 is 0. The maximum atomic E-state index is 12.1. The average Bonchev–Trinajstić information content (AvgIpc) is 2.76. The SMILES string of the molecule is Cc1ccc(N(C)CC(=O)c2ccn(C)c2)cc1. The summed E-state index contributed by atoms with van der Waals surface area (Å²) in [4.78, 5) is 14.0. The lowest BCUT2D eigenvalue weighted by Gasteiger charge is -2.18. The minimum absolute atomic E-state index is 0.138. The van der Waals surface area contributed by atoms with E-state index >= 15 is 0 Å². The molecule has 18 heavy (non-hydrogen) atoms. The molecule has 2 rings (SSSR count). The first-order chi connectivity index (χ1) is 8.56. The van der Waals surface area contributed by atoms with Crippen LogP contribution in [0.1, 0.15) is 15.9 Å². The monoisotopic (exact) mass is 242 g/mol. The van der Waals surface area contributed by atoms with E-state index in [-0.39, 0.29) is 5.78 Å². The van der Waals surface area contributed by atoms with Gasteiger partial charge in [-0.1, -0.05) is 17.7 Å². The minimum atomic E-state index is 0.138. The molecule has 0 aliphatic heterocycles. The number of anilines is 1. The first-order valence-electron chi connectivity index (χ1n) is 5.99. The van der Waals surface area contributed by atoms with E-state index in [1.807, 2.05) is 54.2 Å². The van der Waals surface area contributed by atoms with Gasteiger partial charge in [0.15, 0.2) is 5.78 Å². The van der Waals surface area contributed by atoms with E-state index in [4.69, 9.17) is 0 Å². The smallest absolute Gasteiger partial charge is 0.183 e. The van der Waals surface area contributed by atoms with E-state index in [1.54, 1.807) is 0 Å². The zero-order chi connectivity index (χ0) is 13.1. The number of benzene rings is 1. The molecular formula is C15H18N2O. The van der Waals surface area contributed by atoms with Crippen LogP contribution in [0.5, 0.6) is 0 Å². The lowest BCUT2D eigenvalue weighted by Crippen LogP contribution is -2.25. The number of aryl methyl sites for hydroxylation is 2. The van der Waals surface area contributed by atoms with Gasteiger partial charge in [0.1, 0.15) is 0 Å². The van der Waals surface area contributed by atoms with Gasteiger partial charge in [0.2, 0.25) is 0 Å². The number of hydrogen-bond donors (Lipinski definition) is 0. The van der Waals surface area contributed by atoms with Gasteiger partial charge in [-0.2, -0.15) is 0 Å². The topological polar surface area (TPSA) is 25.2 Å². The highest BCUT2D eigenvalue weighted by molar-refractivity contribution is 5.99. The molecule has 0 aliphatic rings. The molecule has 0 aliphatic carbocycles. The second kappa shape index (κ2) is 5.08. The summed E-state index contributed by atoms with van der Waals surface area (Å²) in [6.07, 6.45) is 3.74. The molecule has 1 heterocycles. The number of hydrogen-bond acceptors (Lipinski definition) is 2. The van der Waals surface area contributed by atoms with E-state index in [1.165, 1.54) is 5.56 Å². The molecule has 0 saturated carbocycles. The number of likely N-dealkylation sites (N-methyl/N-ethyl adjacent to an activating group) is 1. The summed E-state index contributed by atoms with van der Waals surface area (Å²) in [5.74, 6) is 0.138. The molecule has 0 spiro atoms. The number of aromatic nitrogens is 1. The van der Waals surface area contributed by atoms with Crippen LogP contribution in [0.4, 0.5) is 5.69 Å². The standard InChI is InChI=1S/C15H18N2O/c1-12-4-6-14(7-5-12)17(3)11-15(18)13-8-9-16(2)10-13/h4-10H,11H2,1-3H3. The van der Waals surface area contributed by atoms with E-state index in [0.717, 1.165) is 11.3 Å². The molecule has 0 saturated heterocycles. The molecule has 1 aromatic carbocycles. The maximum Gasteiger partial charge on any atom is 0.183 e. The van der Waals surface area contributed by atoms with Crippen molar-refractivity contribution in [2.45, 2.75) is 6.92 Å². The number of carbonyl (C=O) groups excluding carboxylic acids is 1. The van der Waals surface area contributed by atoms with E-state index in [2.05, 4.69) is 19.1 Å². The van der Waals surface area contributed by atoms with Gasteiger partial charge in [0, 0.05) is 37.7 Å². The Kier molecular flexibility index (Phi) is 3.51. The highest BCUT2D eigenvalue weighted by Crippen LogP contribution is 2.14. The van der Waals surface area contributed by atoms with E-state index in [0.29, 0.717) is 6.54 Å². The lowest BCUT2D eigenvalue weighted by atomic mass is 10.2. The predicted molar refractivity (Wildman–Crippen MR) is 74.2 cm³/mol. The van der Waals surface area contributed by atoms with Crippen molar-refractivity contribution in [2.24, 2.45) is 7.05 Å². The molecule has 94 valence electrons. The van der Waals surface area contributed by atoms with Crippen molar-refractivity contribution in [1.82, 2.24) is 4.57 Å². The Bertz CT molecular complexity index is 540. The van der Waals surface area contributed by atoms with Crippen LogP contribution in [0.25, 0.3) is 0 Å². The Morgan fingerprint density at radius 1 is 1.22 bits per heavy atom. The van der Waals surface area contributed by atoms with Crippen molar-refractivity contribution < 1.29 is 4.79 Å². The molecule has 1 aromatic heterocycles. The summed E-state index contributed by atoms with van der Waals surface area (Å²) in [5.41, 5.74) is 3.04. The van der Waals surface area contributed by atoms with Gasteiger partial charge in [0.05, 0.1) is 6.54 Å². The molecule has 3 heteroatoms. The summed E-state index contributed by atoms with van der Waals surface area (Å²) in [7, 11) is 3.85. The Hall–Kier alpha value is -2.03. The van der Waals surface area contributed by atoms with Gasteiger partial charge in [-0.15, -0.1) is 0 Å². The number of nitrogens with zero attached hydrogens (tertiary/aromatic N) is 2. The van der Waals surface area contributed by atoms with Crippen molar-refractivity contribution in [3.05, 3.63) is 53.9 Å². The first-order valence-corrected chi connectivity index (χ1v) is 5.99. The van der Waals surface area contributed by atoms with E-state index in [9.17, 15) is 4.79 Å². The summed E-state index contributed by atoms with van der Waals surface area (Å²) in [6, 6.07) is 10.0. The number of rotatable bonds is 4. The van der Waals surface area contributed by atoms with Crippen LogP contribution < -0.4 is 4.90 Å². The van der Waals surface area contributed by atoms with Crippen LogP contribution in [-0.2, 0) is 7.05 Å². The third kappa shape index (κ3) is 2.80. The van der Waals surface area contributed by atoms with Gasteiger partial charge < -0.3 is 9.47 Å². The van der Waals surface area contributed by atoms with Gasteiger partial charge in [0.25, 0.3) is 0 Å². The quantitative estimate of drug-likeness (QED) is 0.770. The molecule has 0 fully saturated rings. The van der Waals surface area contributed by atoms with Crippen LogP contribution in [0.3, 0.4) is 0 Å². The van der Waals surface area contributed by atoms with Crippen LogP contribution in [0, 0.1) is 6.92 Å². The van der Waals surface area contributed by atoms with Crippen LogP contribution >= 0.6 is 0 Å². The average molecular weight is 242 g/mol. The normalized spacial score (nSPS) is 10.4. The molecule has 3 nitrogen and oxygen atoms in total. The maximum absolute atomic E-state index is 12.1. The van der Waals surface area contributed by atoms with Crippen LogP contribution in [0.2, 0.25) is 0 Å². The van der Waals surface area contributed by atoms with Gasteiger partial charge in [-0.25, -0.2) is 0 Å². The third-order valence-electron chi connectivity index (χ3n) is 3.01. The minimum Gasteiger partial charge on any atom is -0.367 e. The number of Topliss-reactive ketones (excluding diaryl/α,β-unsaturated/α-hetero) is 1. The fourth-order valence-corrected chi connectivity index (χ4v) is 1.87. The second-order valence-electron chi connectivity index (χ2n) is 4.68. The van der Waals surface area contributed by atoms with Crippen molar-refractivity contribution in [3.63, 3.8) is 0 Å². The molecule has 0 radical (unpaired) electrons. The van der Waals surface area contributed by atoms with Gasteiger partial charge in [-0.3, -0.25) is 4.79 Å². The summed E-state index contributed by atoms with van der Waals surface area (Å²) in [6.45, 7) is 2.45. The van der Waals surface area contributed by atoms with Crippen LogP contribution in [0.15, 0.2) is 42.7 Å². The van der Waals surface area contributed by atoms with Crippen LogP contribution in [-0.4, -0.2) is 23.9 Å². The van der Waals surface area contributed by atoms with Crippen molar-refractivity contribution in [1.29, 1.82) is 0 Å².